The zero-order chi connectivity index (χ0) is 22.7. The van der Waals surface area contributed by atoms with Gasteiger partial charge in [-0.2, -0.15) is 5.10 Å². The monoisotopic (exact) mass is 432 g/mol. The van der Waals surface area contributed by atoms with Crippen molar-refractivity contribution in [1.29, 1.82) is 0 Å². The van der Waals surface area contributed by atoms with Crippen LogP contribution in [-0.2, 0) is 22.4 Å². The number of aromatic nitrogens is 2. The highest BCUT2D eigenvalue weighted by Crippen LogP contribution is 2.32. The van der Waals surface area contributed by atoms with Crippen molar-refractivity contribution in [3.05, 3.63) is 76.6 Å². The zero-order valence-electron chi connectivity index (χ0n) is 18.3. The van der Waals surface area contributed by atoms with E-state index in [2.05, 4.69) is 9.84 Å². The van der Waals surface area contributed by atoms with Gasteiger partial charge in [0.25, 0.3) is 0 Å². The van der Waals surface area contributed by atoms with E-state index >= 15 is 0 Å². The van der Waals surface area contributed by atoms with Gasteiger partial charge in [-0.1, -0.05) is 24.3 Å². The normalized spacial score (nSPS) is 12.6. The SMILES string of the molecule is COC(=O)/C=C/c1ccc(OC(=O)c2nn(-c3ccccc3C)c3c2CCC3)c(OC)c1. The van der Waals surface area contributed by atoms with Crippen LogP contribution in [0.3, 0.4) is 0 Å². The lowest BCUT2D eigenvalue weighted by molar-refractivity contribution is -0.134. The Kier molecular flexibility index (Phi) is 6.07. The minimum absolute atomic E-state index is 0.282. The first-order valence-corrected chi connectivity index (χ1v) is 10.3. The summed E-state index contributed by atoms with van der Waals surface area (Å²) < 4.78 is 17.5. The molecule has 4 rings (SSSR count). The number of rotatable bonds is 6. The first-order chi connectivity index (χ1) is 15.5. The zero-order valence-corrected chi connectivity index (χ0v) is 18.3. The van der Waals surface area contributed by atoms with Crippen molar-refractivity contribution < 1.29 is 23.8 Å². The second kappa shape index (κ2) is 9.09. The van der Waals surface area contributed by atoms with Crippen LogP contribution in [0, 0.1) is 6.92 Å². The molecule has 0 aliphatic heterocycles. The number of aryl methyl sites for hydroxylation is 1. The number of esters is 2. The maximum Gasteiger partial charge on any atom is 0.364 e. The number of hydrogen-bond acceptors (Lipinski definition) is 6. The molecule has 0 saturated carbocycles. The Bertz CT molecular complexity index is 1210. The van der Waals surface area contributed by atoms with Gasteiger partial charge in [0.05, 0.1) is 19.9 Å². The number of para-hydroxylation sites is 1. The van der Waals surface area contributed by atoms with E-state index in [-0.39, 0.29) is 5.75 Å². The van der Waals surface area contributed by atoms with E-state index in [1.807, 2.05) is 35.9 Å². The third-order valence-electron chi connectivity index (χ3n) is 5.47. The predicted octanol–water partition coefficient (Wildman–Crippen LogP) is 4.08. The number of benzene rings is 2. The largest absolute Gasteiger partial charge is 0.493 e. The summed E-state index contributed by atoms with van der Waals surface area (Å²) in [6, 6.07) is 13.0. The molecule has 1 heterocycles. The van der Waals surface area contributed by atoms with Crippen molar-refractivity contribution in [3.8, 4) is 17.2 Å². The van der Waals surface area contributed by atoms with Crippen LogP contribution in [0.1, 0.15) is 39.3 Å². The van der Waals surface area contributed by atoms with E-state index in [0.29, 0.717) is 17.0 Å². The van der Waals surface area contributed by atoms with Crippen molar-refractivity contribution >= 4 is 18.0 Å². The van der Waals surface area contributed by atoms with Crippen LogP contribution < -0.4 is 9.47 Å². The van der Waals surface area contributed by atoms with Gasteiger partial charge in [-0.25, -0.2) is 14.3 Å². The molecular weight excluding hydrogens is 408 g/mol. The van der Waals surface area contributed by atoms with Crippen LogP contribution in [0.5, 0.6) is 11.5 Å². The summed E-state index contributed by atoms with van der Waals surface area (Å²) in [6.07, 6.45) is 5.54. The average Bonchev–Trinajstić information content (AvgIpc) is 3.41. The van der Waals surface area contributed by atoms with Crippen LogP contribution in [0.2, 0.25) is 0 Å². The van der Waals surface area contributed by atoms with Crippen LogP contribution in [0.15, 0.2) is 48.5 Å². The van der Waals surface area contributed by atoms with Crippen LogP contribution in [0.25, 0.3) is 11.8 Å². The topological polar surface area (TPSA) is 79.7 Å². The third kappa shape index (κ3) is 4.14. The molecule has 0 bridgehead atoms. The molecule has 164 valence electrons. The molecule has 0 spiro atoms. The summed E-state index contributed by atoms with van der Waals surface area (Å²) in [5, 5.41) is 4.63. The van der Waals surface area contributed by atoms with E-state index in [4.69, 9.17) is 9.47 Å². The van der Waals surface area contributed by atoms with Crippen LogP contribution >= 0.6 is 0 Å². The average molecular weight is 432 g/mol. The van der Waals surface area contributed by atoms with Gasteiger partial charge in [0.2, 0.25) is 0 Å². The van der Waals surface area contributed by atoms with E-state index in [0.717, 1.165) is 41.8 Å². The number of nitrogens with zero attached hydrogens (tertiary/aromatic N) is 2. The van der Waals surface area contributed by atoms with Gasteiger partial charge < -0.3 is 14.2 Å². The molecule has 0 N–H and O–H groups in total. The van der Waals surface area contributed by atoms with E-state index in [1.165, 1.54) is 20.3 Å². The highest BCUT2D eigenvalue weighted by molar-refractivity contribution is 5.92. The van der Waals surface area contributed by atoms with E-state index < -0.39 is 11.9 Å². The maximum absolute atomic E-state index is 13.1. The van der Waals surface area contributed by atoms with Crippen molar-refractivity contribution in [2.75, 3.05) is 14.2 Å². The number of carbonyl (C=O) groups is 2. The lowest BCUT2D eigenvalue weighted by atomic mass is 10.1. The Morgan fingerprint density at radius 3 is 2.62 bits per heavy atom. The summed E-state index contributed by atoms with van der Waals surface area (Å²) in [5.41, 5.74) is 5.08. The molecule has 1 aliphatic carbocycles. The van der Waals surface area contributed by atoms with Crippen molar-refractivity contribution in [3.63, 3.8) is 0 Å². The third-order valence-corrected chi connectivity index (χ3v) is 5.47. The smallest absolute Gasteiger partial charge is 0.364 e. The molecule has 7 nitrogen and oxygen atoms in total. The fourth-order valence-electron chi connectivity index (χ4n) is 3.85. The minimum Gasteiger partial charge on any atom is -0.493 e. The van der Waals surface area contributed by atoms with E-state index in [9.17, 15) is 9.59 Å². The molecule has 32 heavy (non-hydrogen) atoms. The van der Waals surface area contributed by atoms with Crippen LogP contribution in [0.4, 0.5) is 0 Å². The lowest BCUT2D eigenvalue weighted by Crippen LogP contribution is -2.13. The van der Waals surface area contributed by atoms with Gasteiger partial charge >= 0.3 is 11.9 Å². The number of ether oxygens (including phenoxy) is 3. The Hall–Kier alpha value is -3.87. The van der Waals surface area contributed by atoms with Crippen molar-refractivity contribution in [2.45, 2.75) is 26.2 Å². The fraction of sp³-hybridized carbons (Fsp3) is 0.240. The highest BCUT2D eigenvalue weighted by atomic mass is 16.6. The summed E-state index contributed by atoms with van der Waals surface area (Å²) in [6.45, 7) is 2.03. The molecule has 0 radical (unpaired) electrons. The quantitative estimate of drug-likeness (QED) is 0.332. The van der Waals surface area contributed by atoms with Gasteiger partial charge in [-0.05, 0) is 61.6 Å². The second-order valence-electron chi connectivity index (χ2n) is 7.48. The maximum atomic E-state index is 13.1. The molecule has 3 aromatic rings. The van der Waals surface area contributed by atoms with E-state index in [1.54, 1.807) is 24.3 Å². The highest BCUT2D eigenvalue weighted by Gasteiger charge is 2.29. The number of carbonyl (C=O) groups excluding carboxylic acids is 2. The molecule has 1 aliphatic rings. The second-order valence-corrected chi connectivity index (χ2v) is 7.48. The van der Waals surface area contributed by atoms with Crippen molar-refractivity contribution in [1.82, 2.24) is 9.78 Å². The molecule has 0 fully saturated rings. The number of methoxy groups -OCH3 is 2. The van der Waals surface area contributed by atoms with Gasteiger partial charge in [0.15, 0.2) is 17.2 Å². The van der Waals surface area contributed by atoms with Gasteiger partial charge in [0.1, 0.15) is 0 Å². The minimum atomic E-state index is -0.522. The molecule has 0 atom stereocenters. The first-order valence-electron chi connectivity index (χ1n) is 10.3. The number of hydrogen-bond donors (Lipinski definition) is 0. The Balaban J connectivity index is 1.63. The predicted molar refractivity (Wildman–Crippen MR) is 119 cm³/mol. The molecule has 1 aromatic heterocycles. The standard InChI is InChI=1S/C25H24N2O5/c1-16-7-4-5-9-19(16)27-20-10-6-8-18(20)24(26-27)25(29)32-21-13-11-17(15-22(21)30-2)12-14-23(28)31-3/h4-5,7,9,11-15H,6,8,10H2,1-3H3/b14-12+. The Morgan fingerprint density at radius 1 is 1.06 bits per heavy atom. The Labute approximate surface area is 186 Å². The summed E-state index contributed by atoms with van der Waals surface area (Å²) in [7, 11) is 2.80. The van der Waals surface area contributed by atoms with Crippen molar-refractivity contribution in [2.24, 2.45) is 0 Å². The number of fused-ring (bicyclic) bond motifs is 1. The molecule has 0 saturated heterocycles. The molecule has 0 amide bonds. The van der Waals surface area contributed by atoms with Crippen LogP contribution in [-0.4, -0.2) is 35.9 Å². The molecule has 0 unspecified atom stereocenters. The lowest BCUT2D eigenvalue weighted by Gasteiger charge is -2.10. The fourth-order valence-corrected chi connectivity index (χ4v) is 3.85. The Morgan fingerprint density at radius 2 is 1.88 bits per heavy atom. The summed E-state index contributed by atoms with van der Waals surface area (Å²) in [5.74, 6) is -0.325. The summed E-state index contributed by atoms with van der Waals surface area (Å²) >= 11 is 0. The molecule has 7 heteroatoms. The van der Waals surface area contributed by atoms with Gasteiger partial charge in [-0.3, -0.25) is 0 Å². The first kappa shape index (κ1) is 21.4. The molecule has 2 aromatic carbocycles. The van der Waals surface area contributed by atoms with Gasteiger partial charge in [-0.15, -0.1) is 0 Å². The summed E-state index contributed by atoms with van der Waals surface area (Å²) in [4.78, 5) is 24.4. The van der Waals surface area contributed by atoms with Gasteiger partial charge in [0, 0.05) is 17.3 Å². The molecular formula is C25H24N2O5.